The maximum atomic E-state index is 12.2. The van der Waals surface area contributed by atoms with Gasteiger partial charge in [0.1, 0.15) is 23.5 Å². The van der Waals surface area contributed by atoms with Gasteiger partial charge in [0, 0.05) is 23.3 Å². The fourth-order valence-electron chi connectivity index (χ4n) is 2.78. The summed E-state index contributed by atoms with van der Waals surface area (Å²) in [6.07, 6.45) is 0.845. The molecule has 0 saturated carbocycles. The molecule has 0 aliphatic rings. The normalized spacial score (nSPS) is 11.1. The second-order valence-electron chi connectivity index (χ2n) is 7.66. The van der Waals surface area contributed by atoms with Gasteiger partial charge in [0.25, 0.3) is 0 Å². The Labute approximate surface area is 175 Å². The molecule has 0 fully saturated rings. The minimum Gasteiger partial charge on any atom is -0.487 e. The van der Waals surface area contributed by atoms with Crippen LogP contribution in [0.5, 0.6) is 5.75 Å². The Morgan fingerprint density at radius 2 is 1.80 bits per heavy atom. The lowest BCUT2D eigenvalue weighted by Crippen LogP contribution is -2.27. The van der Waals surface area contributed by atoms with Crippen LogP contribution >= 0.6 is 0 Å². The van der Waals surface area contributed by atoms with Gasteiger partial charge in [0.05, 0.1) is 12.7 Å². The Bertz CT molecular complexity index is 1060. The van der Waals surface area contributed by atoms with E-state index in [9.17, 15) is 9.59 Å². The zero-order chi connectivity index (χ0) is 21.7. The van der Waals surface area contributed by atoms with E-state index in [-0.39, 0.29) is 0 Å². The van der Waals surface area contributed by atoms with E-state index in [1.54, 1.807) is 39.0 Å². The molecule has 0 aliphatic carbocycles. The van der Waals surface area contributed by atoms with Gasteiger partial charge >= 0.3 is 12.1 Å². The third kappa shape index (κ3) is 5.47. The molecule has 0 bridgehead atoms. The van der Waals surface area contributed by atoms with E-state index in [2.05, 4.69) is 10.3 Å². The van der Waals surface area contributed by atoms with Crippen LogP contribution in [0, 0.1) is 0 Å². The van der Waals surface area contributed by atoms with Gasteiger partial charge in [0.2, 0.25) is 0 Å². The van der Waals surface area contributed by atoms with E-state index < -0.39 is 17.7 Å². The average Bonchev–Trinajstić information content (AvgIpc) is 2.70. The van der Waals surface area contributed by atoms with Crippen LogP contribution in [0.1, 0.15) is 36.7 Å². The van der Waals surface area contributed by atoms with E-state index >= 15 is 0 Å². The van der Waals surface area contributed by atoms with Gasteiger partial charge in [-0.3, -0.25) is 10.3 Å². The molecule has 1 heterocycles. The molecule has 7 nitrogen and oxygen atoms in total. The second kappa shape index (κ2) is 8.82. The summed E-state index contributed by atoms with van der Waals surface area (Å²) in [5.74, 6) is -0.0273. The maximum absolute atomic E-state index is 12.2. The summed E-state index contributed by atoms with van der Waals surface area (Å²) in [6.45, 7) is 5.68. The number of methoxy groups -OCH3 is 1. The third-order valence-electron chi connectivity index (χ3n) is 4.05. The highest BCUT2D eigenvalue weighted by molar-refractivity contribution is 5.97. The summed E-state index contributed by atoms with van der Waals surface area (Å²) in [5, 5.41) is 3.33. The lowest BCUT2D eigenvalue weighted by atomic mass is 10.1. The van der Waals surface area contributed by atoms with Crippen LogP contribution in [-0.2, 0) is 16.1 Å². The van der Waals surface area contributed by atoms with E-state index in [1.165, 1.54) is 13.3 Å². The summed E-state index contributed by atoms with van der Waals surface area (Å²) in [4.78, 5) is 28.5. The Morgan fingerprint density at radius 3 is 2.47 bits per heavy atom. The topological polar surface area (TPSA) is 86.8 Å². The van der Waals surface area contributed by atoms with Gasteiger partial charge in [-0.25, -0.2) is 9.59 Å². The molecule has 3 rings (SSSR count). The molecule has 1 amide bonds. The quantitative estimate of drug-likeness (QED) is 0.601. The van der Waals surface area contributed by atoms with Gasteiger partial charge in [-0.2, -0.15) is 0 Å². The molecule has 0 aliphatic heterocycles. The van der Waals surface area contributed by atoms with Crippen molar-refractivity contribution in [2.24, 2.45) is 0 Å². The van der Waals surface area contributed by atoms with E-state index in [1.807, 2.05) is 30.3 Å². The number of aromatic nitrogens is 1. The smallest absolute Gasteiger partial charge is 0.412 e. The number of ether oxygens (including phenoxy) is 3. The average molecular weight is 408 g/mol. The maximum Gasteiger partial charge on any atom is 0.412 e. The van der Waals surface area contributed by atoms with Crippen molar-refractivity contribution in [1.29, 1.82) is 0 Å². The van der Waals surface area contributed by atoms with Gasteiger partial charge in [-0.15, -0.1) is 0 Å². The van der Waals surface area contributed by atoms with Gasteiger partial charge in [-0.05, 0) is 38.5 Å². The molecule has 0 saturated heterocycles. The van der Waals surface area contributed by atoms with Crippen molar-refractivity contribution in [2.45, 2.75) is 33.0 Å². The number of rotatable bonds is 5. The molecule has 0 atom stereocenters. The number of benzene rings is 2. The number of anilines is 1. The first-order chi connectivity index (χ1) is 14.2. The first-order valence-corrected chi connectivity index (χ1v) is 9.44. The fraction of sp³-hybridized carbons (Fsp3) is 0.261. The first-order valence-electron chi connectivity index (χ1n) is 9.44. The van der Waals surface area contributed by atoms with Crippen molar-refractivity contribution in [2.75, 3.05) is 12.4 Å². The second-order valence-corrected chi connectivity index (χ2v) is 7.66. The Balaban J connectivity index is 1.96. The molecule has 30 heavy (non-hydrogen) atoms. The zero-order valence-electron chi connectivity index (χ0n) is 17.4. The van der Waals surface area contributed by atoms with Gasteiger partial charge < -0.3 is 14.2 Å². The fourth-order valence-corrected chi connectivity index (χ4v) is 2.78. The molecule has 0 spiro atoms. The molecule has 1 N–H and O–H groups in total. The predicted molar refractivity (Wildman–Crippen MR) is 114 cm³/mol. The highest BCUT2D eigenvalue weighted by Gasteiger charge is 2.18. The van der Waals surface area contributed by atoms with Crippen LogP contribution in [0.25, 0.3) is 10.9 Å². The van der Waals surface area contributed by atoms with Crippen molar-refractivity contribution < 1.29 is 23.8 Å². The summed E-state index contributed by atoms with van der Waals surface area (Å²) in [6, 6.07) is 14.7. The first kappa shape index (κ1) is 21.1. The lowest BCUT2D eigenvalue weighted by Gasteiger charge is -2.20. The molecule has 0 radical (unpaired) electrons. The van der Waals surface area contributed by atoms with Crippen LogP contribution < -0.4 is 10.1 Å². The molecule has 3 aromatic rings. The minimum absolute atomic E-state index is 0.299. The van der Waals surface area contributed by atoms with E-state index in [0.29, 0.717) is 34.5 Å². The Kier molecular flexibility index (Phi) is 6.20. The van der Waals surface area contributed by atoms with Crippen molar-refractivity contribution in [1.82, 2.24) is 4.98 Å². The monoisotopic (exact) mass is 408 g/mol. The van der Waals surface area contributed by atoms with Crippen LogP contribution in [0.2, 0.25) is 0 Å². The number of nitrogens with one attached hydrogen (secondary N) is 1. The van der Waals surface area contributed by atoms with Crippen LogP contribution in [0.15, 0.2) is 54.7 Å². The molecule has 156 valence electrons. The predicted octanol–water partition coefficient (Wildman–Crippen LogP) is 4.95. The summed E-state index contributed by atoms with van der Waals surface area (Å²) >= 11 is 0. The highest BCUT2D eigenvalue weighted by atomic mass is 16.6. The molecule has 1 aromatic heterocycles. The SMILES string of the molecule is COC(=O)c1cnc2c(OCc3ccccc3)cc(NC(=O)OC(C)(C)C)cc2c1. The molecule has 7 heteroatoms. The number of nitrogens with zero attached hydrogens (tertiary/aromatic N) is 1. The van der Waals surface area contributed by atoms with Crippen molar-refractivity contribution in [3.63, 3.8) is 0 Å². The summed E-state index contributed by atoms with van der Waals surface area (Å²) < 4.78 is 16.1. The number of carbonyl (C=O) groups excluding carboxylic acids is 2. The number of hydrogen-bond acceptors (Lipinski definition) is 6. The largest absolute Gasteiger partial charge is 0.487 e. The van der Waals surface area contributed by atoms with Crippen LogP contribution in [-0.4, -0.2) is 29.8 Å². The summed E-state index contributed by atoms with van der Waals surface area (Å²) in [5.41, 5.74) is 1.68. The highest BCUT2D eigenvalue weighted by Crippen LogP contribution is 2.30. The number of amides is 1. The zero-order valence-corrected chi connectivity index (χ0v) is 17.4. The molecular weight excluding hydrogens is 384 g/mol. The Hall–Kier alpha value is -3.61. The number of hydrogen-bond donors (Lipinski definition) is 1. The van der Waals surface area contributed by atoms with Crippen LogP contribution in [0.3, 0.4) is 0 Å². The molecule has 2 aromatic carbocycles. The van der Waals surface area contributed by atoms with Gasteiger partial charge in [0.15, 0.2) is 0 Å². The van der Waals surface area contributed by atoms with Crippen LogP contribution in [0.4, 0.5) is 10.5 Å². The molecular formula is C23H24N2O5. The standard InChI is InChI=1S/C23H24N2O5/c1-23(2,3)30-22(27)25-18-11-16-10-17(21(26)28-4)13-24-20(16)19(12-18)29-14-15-8-6-5-7-9-15/h5-13H,14H2,1-4H3,(H,25,27). The van der Waals surface area contributed by atoms with Gasteiger partial charge in [-0.1, -0.05) is 30.3 Å². The minimum atomic E-state index is -0.632. The molecule has 0 unspecified atom stereocenters. The Morgan fingerprint density at radius 1 is 1.07 bits per heavy atom. The summed E-state index contributed by atoms with van der Waals surface area (Å²) in [7, 11) is 1.31. The number of pyridine rings is 1. The lowest BCUT2D eigenvalue weighted by molar-refractivity contribution is 0.0597. The number of carbonyl (C=O) groups is 2. The number of esters is 1. The van der Waals surface area contributed by atoms with E-state index in [0.717, 1.165) is 5.56 Å². The van der Waals surface area contributed by atoms with Crippen molar-refractivity contribution >= 4 is 28.7 Å². The van der Waals surface area contributed by atoms with Crippen molar-refractivity contribution in [3.8, 4) is 5.75 Å². The number of fused-ring (bicyclic) bond motifs is 1. The third-order valence-corrected chi connectivity index (χ3v) is 4.05. The van der Waals surface area contributed by atoms with Crippen molar-refractivity contribution in [3.05, 3.63) is 65.9 Å². The van der Waals surface area contributed by atoms with E-state index in [4.69, 9.17) is 14.2 Å².